The molecule has 0 amide bonds. The van der Waals surface area contributed by atoms with Crippen LogP contribution in [0.1, 0.15) is 0 Å². The first-order chi connectivity index (χ1) is 30.6. The SMILES string of the molecule is N=C1C=CC=C/C1=N/Nc1ccc(N(c2ccccc2)c2ccc(-c3ccc(-c4ccc(N(c5ccccc5)c5ccc(N/N=C6/C=CC=CC6=N)cc5)cc4)cc3)cc2)cc1. The molecule has 0 saturated heterocycles. The summed E-state index contributed by atoms with van der Waals surface area (Å²) in [6, 6.07) is 63.1. The fourth-order valence-corrected chi connectivity index (χ4v) is 7.27. The highest BCUT2D eigenvalue weighted by Gasteiger charge is 2.15. The van der Waals surface area contributed by atoms with Gasteiger partial charge in [-0.25, -0.2) is 0 Å². The van der Waals surface area contributed by atoms with Gasteiger partial charge in [-0.1, -0.05) is 109 Å². The highest BCUT2D eigenvalue weighted by Crippen LogP contribution is 2.38. The van der Waals surface area contributed by atoms with Crippen LogP contribution in [-0.2, 0) is 0 Å². The zero-order chi connectivity index (χ0) is 42.1. The molecule has 2 aliphatic carbocycles. The smallest absolute Gasteiger partial charge is 0.108 e. The molecule has 0 fully saturated rings. The van der Waals surface area contributed by atoms with E-state index in [4.69, 9.17) is 10.8 Å². The summed E-state index contributed by atoms with van der Waals surface area (Å²) in [5, 5.41) is 25.0. The van der Waals surface area contributed by atoms with Crippen molar-refractivity contribution in [3.05, 3.63) is 231 Å². The zero-order valence-electron chi connectivity index (χ0n) is 33.7. The maximum atomic E-state index is 8.08. The van der Waals surface area contributed by atoms with Gasteiger partial charge in [-0.2, -0.15) is 10.2 Å². The molecule has 7 aromatic carbocycles. The highest BCUT2D eigenvalue weighted by atomic mass is 15.3. The Kier molecular flexibility index (Phi) is 11.4. The second kappa shape index (κ2) is 18.1. The molecule has 0 spiro atoms. The number of nitrogens with one attached hydrogen (secondary N) is 4. The van der Waals surface area contributed by atoms with Gasteiger partial charge in [0.1, 0.15) is 11.4 Å². The maximum Gasteiger partial charge on any atom is 0.108 e. The van der Waals surface area contributed by atoms with Crippen LogP contribution in [0.25, 0.3) is 22.3 Å². The standard InChI is InChI=1S/C54H42N8/c55-51-15-7-9-17-53(51)59-57-43-27-35-49(36-28-43)61(45-11-3-1-4-12-45)47-31-23-41(24-32-47)39-19-21-40(22-20-39)42-25-33-48(34-26-42)62(46-13-5-2-6-14-46)50-37-29-44(30-38-50)58-60-54-18-10-8-16-52(54)56/h1-38,55-58H/b55-51?,56-52?,59-53-,60-54-. The summed E-state index contributed by atoms with van der Waals surface area (Å²) < 4.78 is 0. The Hall–Kier alpha value is -8.62. The molecule has 9 rings (SSSR count). The van der Waals surface area contributed by atoms with Gasteiger partial charge in [-0.3, -0.25) is 21.7 Å². The number of nitrogens with zero attached hydrogens (tertiary/aromatic N) is 4. The predicted octanol–water partition coefficient (Wildman–Crippen LogP) is 13.8. The molecular formula is C54H42N8. The Balaban J connectivity index is 0.904. The summed E-state index contributed by atoms with van der Waals surface area (Å²) in [5.74, 6) is 0. The van der Waals surface area contributed by atoms with Crippen LogP contribution in [-0.4, -0.2) is 22.8 Å². The number of benzene rings is 7. The van der Waals surface area contributed by atoms with Crippen molar-refractivity contribution in [3.63, 3.8) is 0 Å². The molecule has 7 aromatic rings. The molecule has 0 heterocycles. The predicted molar refractivity (Wildman–Crippen MR) is 261 cm³/mol. The minimum Gasteiger partial charge on any atom is -0.311 e. The molecule has 8 nitrogen and oxygen atoms in total. The monoisotopic (exact) mass is 802 g/mol. The molecule has 298 valence electrons. The molecule has 0 atom stereocenters. The molecular weight excluding hydrogens is 761 g/mol. The van der Waals surface area contributed by atoms with Crippen LogP contribution >= 0.6 is 0 Å². The van der Waals surface area contributed by atoms with Gasteiger partial charge in [0.05, 0.1) is 22.8 Å². The molecule has 62 heavy (non-hydrogen) atoms. The van der Waals surface area contributed by atoms with Crippen LogP contribution < -0.4 is 20.7 Å². The van der Waals surface area contributed by atoms with Gasteiger partial charge in [0.2, 0.25) is 0 Å². The molecule has 8 heteroatoms. The first-order valence-corrected chi connectivity index (χ1v) is 20.3. The van der Waals surface area contributed by atoms with Gasteiger partial charge < -0.3 is 9.80 Å². The molecule has 0 aliphatic heterocycles. The number of para-hydroxylation sites is 2. The van der Waals surface area contributed by atoms with Gasteiger partial charge in [-0.05, 0) is 144 Å². The third-order valence-corrected chi connectivity index (χ3v) is 10.5. The van der Waals surface area contributed by atoms with Crippen molar-refractivity contribution in [1.29, 1.82) is 10.8 Å². The molecule has 2 aliphatic rings. The Morgan fingerprint density at radius 2 is 0.581 bits per heavy atom. The van der Waals surface area contributed by atoms with E-state index in [-0.39, 0.29) is 0 Å². The molecule has 0 radical (unpaired) electrons. The number of rotatable bonds is 12. The van der Waals surface area contributed by atoms with Crippen molar-refractivity contribution in [2.75, 3.05) is 20.7 Å². The van der Waals surface area contributed by atoms with E-state index in [2.05, 4.69) is 176 Å². The average molecular weight is 803 g/mol. The van der Waals surface area contributed by atoms with Crippen molar-refractivity contribution in [2.24, 2.45) is 10.2 Å². The number of allylic oxidation sites excluding steroid dienone is 8. The quantitative estimate of drug-likeness (QED) is 0.0730. The lowest BCUT2D eigenvalue weighted by Crippen LogP contribution is -2.12. The normalized spacial score (nSPS) is 14.3. The first-order valence-electron chi connectivity index (χ1n) is 20.3. The van der Waals surface area contributed by atoms with Crippen molar-refractivity contribution < 1.29 is 0 Å². The fourth-order valence-electron chi connectivity index (χ4n) is 7.27. The molecule has 0 bridgehead atoms. The van der Waals surface area contributed by atoms with E-state index in [0.717, 1.165) is 67.8 Å². The van der Waals surface area contributed by atoms with Gasteiger partial charge in [0.15, 0.2) is 0 Å². The average Bonchev–Trinajstić information content (AvgIpc) is 3.33. The first kappa shape index (κ1) is 38.9. The zero-order valence-corrected chi connectivity index (χ0v) is 33.7. The van der Waals surface area contributed by atoms with E-state index in [9.17, 15) is 0 Å². The topological polar surface area (TPSA) is 103 Å². The summed E-state index contributed by atoms with van der Waals surface area (Å²) in [4.78, 5) is 4.47. The van der Waals surface area contributed by atoms with Gasteiger partial charge in [0, 0.05) is 34.1 Å². The van der Waals surface area contributed by atoms with Crippen LogP contribution in [0.3, 0.4) is 0 Å². The van der Waals surface area contributed by atoms with E-state index in [1.165, 1.54) is 0 Å². The Morgan fingerprint density at radius 3 is 0.903 bits per heavy atom. The molecule has 0 unspecified atom stereocenters. The largest absolute Gasteiger partial charge is 0.311 e. The summed E-state index contributed by atoms with van der Waals surface area (Å²) in [5.41, 5.74) is 20.6. The number of hydrogen-bond acceptors (Lipinski definition) is 8. The molecule has 0 aromatic heterocycles. The summed E-state index contributed by atoms with van der Waals surface area (Å²) in [7, 11) is 0. The van der Waals surface area contributed by atoms with Crippen molar-refractivity contribution in [1.82, 2.24) is 0 Å². The van der Waals surface area contributed by atoms with Crippen LogP contribution in [0.15, 0.2) is 241 Å². The van der Waals surface area contributed by atoms with Gasteiger partial charge >= 0.3 is 0 Å². The third kappa shape index (κ3) is 8.85. The number of hydrogen-bond donors (Lipinski definition) is 4. The minimum absolute atomic E-state index is 0.374. The summed E-state index contributed by atoms with van der Waals surface area (Å²) in [6.45, 7) is 0. The number of hydrazone groups is 2. The minimum atomic E-state index is 0.374. The van der Waals surface area contributed by atoms with Crippen LogP contribution in [0.2, 0.25) is 0 Å². The number of anilines is 8. The highest BCUT2D eigenvalue weighted by molar-refractivity contribution is 6.50. The lowest BCUT2D eigenvalue weighted by molar-refractivity contribution is 1.27. The van der Waals surface area contributed by atoms with E-state index in [0.29, 0.717) is 22.8 Å². The fraction of sp³-hybridized carbons (Fsp3) is 0. The van der Waals surface area contributed by atoms with Gasteiger partial charge in [-0.15, -0.1) is 0 Å². The van der Waals surface area contributed by atoms with Crippen LogP contribution in [0.4, 0.5) is 45.5 Å². The summed E-state index contributed by atoms with van der Waals surface area (Å²) in [6.07, 6.45) is 14.5. The van der Waals surface area contributed by atoms with Crippen molar-refractivity contribution >= 4 is 68.3 Å². The molecule has 0 saturated carbocycles. The Labute approximate surface area is 361 Å². The maximum absolute atomic E-state index is 8.08. The Bertz CT molecular complexity index is 2670. The Morgan fingerprint density at radius 1 is 0.306 bits per heavy atom. The van der Waals surface area contributed by atoms with E-state index < -0.39 is 0 Å². The van der Waals surface area contributed by atoms with E-state index in [1.54, 1.807) is 12.2 Å². The van der Waals surface area contributed by atoms with Crippen LogP contribution in [0.5, 0.6) is 0 Å². The molecule has 4 N–H and O–H groups in total. The summed E-state index contributed by atoms with van der Waals surface area (Å²) >= 11 is 0. The van der Waals surface area contributed by atoms with E-state index in [1.807, 2.05) is 72.9 Å². The lowest BCUT2D eigenvalue weighted by atomic mass is 9.99. The van der Waals surface area contributed by atoms with Gasteiger partial charge in [0.25, 0.3) is 0 Å². The second-order valence-electron chi connectivity index (χ2n) is 14.6. The van der Waals surface area contributed by atoms with Crippen LogP contribution in [0, 0.1) is 10.8 Å². The van der Waals surface area contributed by atoms with E-state index >= 15 is 0 Å². The van der Waals surface area contributed by atoms with Crippen molar-refractivity contribution in [3.8, 4) is 22.3 Å². The lowest BCUT2D eigenvalue weighted by Gasteiger charge is -2.26. The van der Waals surface area contributed by atoms with Crippen molar-refractivity contribution in [2.45, 2.75) is 0 Å². The second-order valence-corrected chi connectivity index (χ2v) is 14.6. The third-order valence-electron chi connectivity index (χ3n) is 10.5.